The van der Waals surface area contributed by atoms with Crippen LogP contribution in [0.3, 0.4) is 0 Å². The van der Waals surface area contributed by atoms with Crippen LogP contribution in [0.2, 0.25) is 0 Å². The molecule has 1 unspecified atom stereocenters. The van der Waals surface area contributed by atoms with Crippen molar-refractivity contribution in [1.82, 2.24) is 0 Å². The summed E-state index contributed by atoms with van der Waals surface area (Å²) >= 11 is 0.263. The van der Waals surface area contributed by atoms with Crippen molar-refractivity contribution in [2.45, 2.75) is 24.2 Å². The van der Waals surface area contributed by atoms with Crippen LogP contribution in [-0.2, 0) is 0 Å². The van der Waals surface area contributed by atoms with Gasteiger partial charge in [0, 0.05) is 0 Å². The van der Waals surface area contributed by atoms with E-state index in [2.05, 4.69) is 79.5 Å². The van der Waals surface area contributed by atoms with E-state index in [-0.39, 0.29) is 21.2 Å². The van der Waals surface area contributed by atoms with E-state index in [9.17, 15) is 0 Å². The number of hydrogen-bond donors (Lipinski definition) is 0. The van der Waals surface area contributed by atoms with E-state index in [1.54, 1.807) is 0 Å². The van der Waals surface area contributed by atoms with Crippen LogP contribution in [-0.4, -0.2) is 15.5 Å². The molecule has 0 aromatic heterocycles. The fourth-order valence-corrected chi connectivity index (χ4v) is 2.72. The molecule has 0 fully saturated rings. The van der Waals surface area contributed by atoms with Crippen LogP contribution in [0.25, 0.3) is 11.6 Å². The third-order valence-corrected chi connectivity index (χ3v) is 6.08. The molecule has 0 aliphatic carbocycles. The second-order valence-corrected chi connectivity index (χ2v) is 8.64. The SMILES string of the molecule is CC/C(=C/c1ccccc1)c1ccc(OCC(C)[I-]C)cc1. The Labute approximate surface area is 144 Å². The second-order valence-electron chi connectivity index (χ2n) is 5.27. The fourth-order valence-electron chi connectivity index (χ4n) is 2.18. The minimum absolute atomic E-state index is 0.263. The topological polar surface area (TPSA) is 9.23 Å². The van der Waals surface area contributed by atoms with Gasteiger partial charge in [-0.05, 0) is 0 Å². The van der Waals surface area contributed by atoms with Crippen LogP contribution in [0.1, 0.15) is 31.4 Å². The first-order valence-electron chi connectivity index (χ1n) is 7.69. The third-order valence-electron chi connectivity index (χ3n) is 3.60. The Morgan fingerprint density at radius 3 is 2.36 bits per heavy atom. The molecule has 0 amide bonds. The number of hydrogen-bond acceptors (Lipinski definition) is 1. The summed E-state index contributed by atoms with van der Waals surface area (Å²) in [6.45, 7) is 5.30. The summed E-state index contributed by atoms with van der Waals surface area (Å²) in [5.74, 6) is 0.975. The van der Waals surface area contributed by atoms with E-state index < -0.39 is 0 Å². The van der Waals surface area contributed by atoms with Crippen LogP contribution in [0.5, 0.6) is 5.75 Å². The van der Waals surface area contributed by atoms with Gasteiger partial charge < -0.3 is 0 Å². The molecule has 1 nitrogen and oxygen atoms in total. The molecule has 2 aromatic carbocycles. The van der Waals surface area contributed by atoms with Gasteiger partial charge in [-0.15, -0.1) is 0 Å². The van der Waals surface area contributed by atoms with Crippen LogP contribution in [0, 0.1) is 0 Å². The van der Waals surface area contributed by atoms with Crippen LogP contribution in [0.4, 0.5) is 0 Å². The van der Waals surface area contributed by atoms with E-state index in [1.807, 2.05) is 0 Å². The van der Waals surface area contributed by atoms with Crippen LogP contribution >= 0.6 is 0 Å². The van der Waals surface area contributed by atoms with Gasteiger partial charge in [-0.1, -0.05) is 6.07 Å². The van der Waals surface area contributed by atoms with Crippen LogP contribution < -0.4 is 25.9 Å². The zero-order valence-corrected chi connectivity index (χ0v) is 15.7. The first-order valence-corrected chi connectivity index (χ1v) is 11.1. The van der Waals surface area contributed by atoms with Gasteiger partial charge in [0.2, 0.25) is 0 Å². The van der Waals surface area contributed by atoms with Gasteiger partial charge in [-0.25, -0.2) is 0 Å². The average Bonchev–Trinajstić information content (AvgIpc) is 2.59. The standard InChI is InChI=1S/C20H24IO/c1-4-18(14-17-8-6-5-7-9-17)19-10-12-20(13-11-19)22-15-16(2)21-3/h5-14,16H,4,15H2,1-3H3/q-1/b18-14-. The molecule has 0 saturated carbocycles. The molecule has 0 aliphatic heterocycles. The molecule has 0 N–H and O–H groups in total. The van der Waals surface area contributed by atoms with Crippen molar-refractivity contribution in [2.24, 2.45) is 0 Å². The number of allylic oxidation sites excluding steroid dienone is 1. The Hall–Kier alpha value is -1.29. The molecule has 118 valence electrons. The van der Waals surface area contributed by atoms with Crippen molar-refractivity contribution < 1.29 is 25.9 Å². The molecule has 0 radical (unpaired) electrons. The Morgan fingerprint density at radius 2 is 1.77 bits per heavy atom. The van der Waals surface area contributed by atoms with E-state index >= 15 is 0 Å². The van der Waals surface area contributed by atoms with Gasteiger partial charge in [0.25, 0.3) is 0 Å². The van der Waals surface area contributed by atoms with Gasteiger partial charge in [-0.3, -0.25) is 0 Å². The normalized spacial score (nSPS) is 13.1. The molecule has 0 bridgehead atoms. The second kappa shape index (κ2) is 8.99. The quantitative estimate of drug-likeness (QED) is 0.388. The monoisotopic (exact) mass is 407 g/mol. The minimum atomic E-state index is 0.263. The molecule has 2 heteroatoms. The van der Waals surface area contributed by atoms with Gasteiger partial charge >= 0.3 is 139 Å². The van der Waals surface area contributed by atoms with Gasteiger partial charge in [0.1, 0.15) is 0 Å². The summed E-state index contributed by atoms with van der Waals surface area (Å²) in [7, 11) is 0. The zero-order chi connectivity index (χ0) is 15.8. The number of alkyl halides is 2. The Morgan fingerprint density at radius 1 is 1.09 bits per heavy atom. The first kappa shape index (κ1) is 17.1. The molecule has 1 atom stereocenters. The van der Waals surface area contributed by atoms with Gasteiger partial charge in [0.05, 0.1) is 0 Å². The molecular formula is C20H24IO-. The fraction of sp³-hybridized carbons (Fsp3) is 0.300. The first-order chi connectivity index (χ1) is 10.7. The Bertz CT molecular complexity index is 587. The number of rotatable bonds is 7. The molecular weight excluding hydrogens is 383 g/mol. The Kier molecular flexibility index (Phi) is 6.97. The Balaban J connectivity index is 2.09. The summed E-state index contributed by atoms with van der Waals surface area (Å²) in [5, 5.41) is 0. The molecule has 0 saturated heterocycles. The number of ether oxygens (including phenoxy) is 1. The van der Waals surface area contributed by atoms with Crippen molar-refractivity contribution in [1.29, 1.82) is 0 Å². The van der Waals surface area contributed by atoms with Crippen molar-refractivity contribution >= 4 is 11.6 Å². The molecule has 0 spiro atoms. The molecule has 2 aromatic rings. The average molecular weight is 407 g/mol. The van der Waals surface area contributed by atoms with Gasteiger partial charge in [0.15, 0.2) is 0 Å². The zero-order valence-electron chi connectivity index (χ0n) is 13.6. The number of halogens is 1. The molecule has 0 heterocycles. The number of benzene rings is 2. The summed E-state index contributed by atoms with van der Waals surface area (Å²) in [6.07, 6.45) is 3.28. The predicted molar refractivity (Wildman–Crippen MR) is 91.9 cm³/mol. The predicted octanol–water partition coefficient (Wildman–Crippen LogP) is 2.12. The summed E-state index contributed by atoms with van der Waals surface area (Å²) in [5.41, 5.74) is 3.88. The van der Waals surface area contributed by atoms with E-state index in [0.29, 0.717) is 3.92 Å². The van der Waals surface area contributed by atoms with Crippen molar-refractivity contribution in [3.63, 3.8) is 0 Å². The molecule has 0 aliphatic rings. The molecule has 22 heavy (non-hydrogen) atoms. The van der Waals surface area contributed by atoms with Crippen molar-refractivity contribution in [3.05, 3.63) is 65.7 Å². The maximum absolute atomic E-state index is 5.85. The van der Waals surface area contributed by atoms with Crippen LogP contribution in [0.15, 0.2) is 54.6 Å². The maximum atomic E-state index is 5.85. The van der Waals surface area contributed by atoms with Gasteiger partial charge in [-0.2, -0.15) is 0 Å². The summed E-state index contributed by atoms with van der Waals surface area (Å²) in [4.78, 5) is 2.30. The van der Waals surface area contributed by atoms with E-state index in [4.69, 9.17) is 4.74 Å². The van der Waals surface area contributed by atoms with E-state index in [0.717, 1.165) is 18.8 Å². The van der Waals surface area contributed by atoms with E-state index in [1.165, 1.54) is 16.7 Å². The third kappa shape index (κ3) is 5.16. The summed E-state index contributed by atoms with van der Waals surface area (Å²) < 4.78 is 6.56. The van der Waals surface area contributed by atoms with Crippen molar-refractivity contribution in [2.75, 3.05) is 11.5 Å². The molecule has 2 rings (SSSR count). The summed E-state index contributed by atoms with van der Waals surface area (Å²) in [6, 6.07) is 19.0. The van der Waals surface area contributed by atoms with Crippen molar-refractivity contribution in [3.8, 4) is 5.75 Å².